The van der Waals surface area contributed by atoms with Gasteiger partial charge in [0, 0.05) is 12.8 Å². The Labute approximate surface area is 511 Å². The van der Waals surface area contributed by atoms with Crippen molar-refractivity contribution in [2.24, 2.45) is 0 Å². The quantitative estimate of drug-likeness (QED) is 0.0256. The molecule has 0 aromatic carbocycles. The van der Waals surface area contributed by atoms with Crippen molar-refractivity contribution in [3.63, 3.8) is 0 Å². The highest BCUT2D eigenvalue weighted by Crippen LogP contribution is 2.20. The molecule has 2 atom stereocenters. The monoisotopic (exact) mass is 1160 g/mol. The highest BCUT2D eigenvalue weighted by molar-refractivity contribution is 5.70. The molecule has 0 saturated heterocycles. The van der Waals surface area contributed by atoms with Crippen LogP contribution in [-0.4, -0.2) is 82.3 Å². The fraction of sp³-hybridized carbons (Fsp3) is 0.959. The molecule has 0 N–H and O–H groups in total. The first-order valence-electron chi connectivity index (χ1n) is 36.7. The third-order valence-corrected chi connectivity index (χ3v) is 17.1. The second kappa shape index (κ2) is 65.3. The molecule has 0 heterocycles. The van der Waals surface area contributed by atoms with E-state index in [4.69, 9.17) is 18.9 Å². The summed E-state index contributed by atoms with van der Waals surface area (Å²) in [5, 5.41) is 11.8. The van der Waals surface area contributed by atoms with Crippen LogP contribution in [0.3, 0.4) is 0 Å². The number of carbonyl (C=O) groups is 3. The number of rotatable bonds is 70. The Morgan fingerprint density at radius 1 is 0.317 bits per heavy atom. The van der Waals surface area contributed by atoms with Gasteiger partial charge in [-0.25, -0.2) is 0 Å². The molecule has 0 aliphatic carbocycles. The molecule has 0 radical (unpaired) electrons. The van der Waals surface area contributed by atoms with Crippen LogP contribution >= 0.6 is 0 Å². The fourth-order valence-corrected chi connectivity index (χ4v) is 11.5. The molecule has 0 rings (SSSR count). The van der Waals surface area contributed by atoms with E-state index in [1.54, 1.807) is 0 Å². The highest BCUT2D eigenvalue weighted by atomic mass is 16.7. The van der Waals surface area contributed by atoms with Gasteiger partial charge in [-0.3, -0.25) is 9.59 Å². The standard InChI is InChI=1S/C73H143NO8/c1-6-8-10-12-14-16-18-20-22-24-26-28-29-30-31-32-33-34-35-36-37-38-39-40-41-42-44-46-48-50-52-54-56-58-60-62-64-71(76)82-69(68-81-73(72(77)78)79-66-65-74(3,4)5)67-80-70(75)63-61-59-57-55-53-51-49-47-45-43-27-25-23-21-19-17-15-13-11-9-7-2/h69,73H,6-68H2,1-5H3. The summed E-state index contributed by atoms with van der Waals surface area (Å²) in [7, 11) is 5.95. The molecule has 0 aliphatic heterocycles. The number of ether oxygens (including phenoxy) is 4. The van der Waals surface area contributed by atoms with E-state index in [1.165, 1.54) is 327 Å². The maximum Gasteiger partial charge on any atom is 0.306 e. The number of quaternary nitrogens is 1. The summed E-state index contributed by atoms with van der Waals surface area (Å²) >= 11 is 0. The molecular weight excluding hydrogens is 1020 g/mol. The van der Waals surface area contributed by atoms with Crippen LogP contribution in [0.15, 0.2) is 0 Å². The van der Waals surface area contributed by atoms with Gasteiger partial charge in [-0.1, -0.05) is 367 Å². The minimum absolute atomic E-state index is 0.154. The van der Waals surface area contributed by atoms with Gasteiger partial charge in [-0.2, -0.15) is 0 Å². The third kappa shape index (κ3) is 65.8. The Bertz CT molecular complexity index is 1300. The van der Waals surface area contributed by atoms with Crippen molar-refractivity contribution in [1.82, 2.24) is 0 Å². The number of carboxylic acid groups (broad SMARTS) is 1. The third-order valence-electron chi connectivity index (χ3n) is 17.1. The second-order valence-corrected chi connectivity index (χ2v) is 26.6. The van der Waals surface area contributed by atoms with Gasteiger partial charge in [0.2, 0.25) is 0 Å². The lowest BCUT2D eigenvalue weighted by molar-refractivity contribution is -0.870. The smallest absolute Gasteiger partial charge is 0.306 e. The van der Waals surface area contributed by atoms with E-state index in [9.17, 15) is 19.5 Å². The Morgan fingerprint density at radius 3 is 0.780 bits per heavy atom. The van der Waals surface area contributed by atoms with E-state index in [0.29, 0.717) is 17.4 Å². The molecule has 0 aromatic rings. The van der Waals surface area contributed by atoms with Gasteiger partial charge >= 0.3 is 11.9 Å². The van der Waals surface area contributed by atoms with Gasteiger partial charge in [-0.05, 0) is 12.8 Å². The van der Waals surface area contributed by atoms with E-state index in [2.05, 4.69) is 13.8 Å². The normalized spacial score (nSPS) is 12.5. The summed E-state index contributed by atoms with van der Waals surface area (Å²) < 4.78 is 22.8. The van der Waals surface area contributed by atoms with Crippen LogP contribution in [0.25, 0.3) is 0 Å². The number of carboxylic acids is 1. The summed E-state index contributed by atoms with van der Waals surface area (Å²) in [6.45, 7) is 4.84. The maximum absolute atomic E-state index is 12.9. The predicted molar refractivity (Wildman–Crippen MR) is 348 cm³/mol. The number of esters is 2. The number of hydrogen-bond donors (Lipinski definition) is 0. The van der Waals surface area contributed by atoms with Gasteiger partial charge < -0.3 is 33.3 Å². The van der Waals surface area contributed by atoms with Crippen molar-refractivity contribution in [2.75, 3.05) is 47.5 Å². The summed E-state index contributed by atoms with van der Waals surface area (Å²) in [5.74, 6) is -2.24. The van der Waals surface area contributed by atoms with E-state index in [-0.39, 0.29) is 32.2 Å². The number of carbonyl (C=O) groups excluding carboxylic acids is 3. The Morgan fingerprint density at radius 2 is 0.549 bits per heavy atom. The van der Waals surface area contributed by atoms with Crippen molar-refractivity contribution in [2.45, 2.75) is 405 Å². The second-order valence-electron chi connectivity index (χ2n) is 26.6. The summed E-state index contributed by atoms with van der Waals surface area (Å²) in [5.41, 5.74) is 0. The minimum Gasteiger partial charge on any atom is -0.545 e. The molecule has 2 unspecified atom stereocenters. The molecule has 9 nitrogen and oxygen atoms in total. The van der Waals surface area contributed by atoms with Crippen LogP contribution in [0.5, 0.6) is 0 Å². The first-order valence-corrected chi connectivity index (χ1v) is 36.7. The summed E-state index contributed by atoms with van der Waals surface area (Å²) in [6, 6.07) is 0. The molecule has 9 heteroatoms. The molecule has 0 amide bonds. The SMILES string of the molecule is CCCCCCCCCCCCCCCCCCCCCCCCCCCCCCCCCCCCCCC(=O)OC(COC(=O)CCCCCCCCCCCCCCCCCCCCCCC)COC(OCC[N+](C)(C)C)C(=O)[O-]. The van der Waals surface area contributed by atoms with Gasteiger partial charge in [0.25, 0.3) is 0 Å². The number of aliphatic carboxylic acids is 1. The van der Waals surface area contributed by atoms with Crippen molar-refractivity contribution in [3.8, 4) is 0 Å². The van der Waals surface area contributed by atoms with Crippen molar-refractivity contribution in [1.29, 1.82) is 0 Å². The molecule has 82 heavy (non-hydrogen) atoms. The molecule has 0 aliphatic rings. The fourth-order valence-electron chi connectivity index (χ4n) is 11.5. The van der Waals surface area contributed by atoms with Crippen LogP contribution in [0, 0.1) is 0 Å². The zero-order valence-corrected chi connectivity index (χ0v) is 55.9. The Hall–Kier alpha value is -1.71. The van der Waals surface area contributed by atoms with E-state index < -0.39 is 24.3 Å². The summed E-state index contributed by atoms with van der Waals surface area (Å²) in [4.78, 5) is 37.5. The molecular formula is C73H143NO8. The highest BCUT2D eigenvalue weighted by Gasteiger charge is 2.22. The number of nitrogens with zero attached hydrogens (tertiary/aromatic N) is 1. The molecule has 0 fully saturated rings. The van der Waals surface area contributed by atoms with Crippen molar-refractivity contribution in [3.05, 3.63) is 0 Å². The van der Waals surface area contributed by atoms with Crippen LogP contribution in [0.4, 0.5) is 0 Å². The van der Waals surface area contributed by atoms with Crippen molar-refractivity contribution < 1.29 is 42.9 Å². The maximum atomic E-state index is 12.9. The number of unbranched alkanes of at least 4 members (excludes halogenated alkanes) is 55. The zero-order valence-electron chi connectivity index (χ0n) is 55.9. The van der Waals surface area contributed by atoms with Gasteiger partial charge in [0.1, 0.15) is 13.2 Å². The number of likely N-dealkylation sites (N-methyl/N-ethyl adjacent to an activating group) is 1. The molecule has 0 spiro atoms. The molecule has 0 aromatic heterocycles. The topological polar surface area (TPSA) is 111 Å². The van der Waals surface area contributed by atoms with Crippen LogP contribution < -0.4 is 5.11 Å². The van der Waals surface area contributed by atoms with Crippen LogP contribution in [-0.2, 0) is 33.3 Å². The Kier molecular flexibility index (Phi) is 63.9. The molecule has 488 valence electrons. The molecule has 0 saturated carbocycles. The van der Waals surface area contributed by atoms with Gasteiger partial charge in [0.05, 0.1) is 40.3 Å². The first kappa shape index (κ1) is 80.3. The lowest BCUT2D eigenvalue weighted by Crippen LogP contribution is -2.44. The summed E-state index contributed by atoms with van der Waals surface area (Å²) in [6.07, 6.45) is 75.0. The predicted octanol–water partition coefficient (Wildman–Crippen LogP) is 21.3. The van der Waals surface area contributed by atoms with E-state index in [0.717, 1.165) is 38.5 Å². The van der Waals surface area contributed by atoms with Crippen LogP contribution in [0.2, 0.25) is 0 Å². The molecule has 0 bridgehead atoms. The Balaban J connectivity index is 3.96. The average Bonchev–Trinajstić information content (AvgIpc) is 3.45. The largest absolute Gasteiger partial charge is 0.545 e. The van der Waals surface area contributed by atoms with Gasteiger partial charge in [-0.15, -0.1) is 0 Å². The average molecular weight is 1160 g/mol. The zero-order chi connectivity index (χ0) is 59.8. The number of hydrogen-bond acceptors (Lipinski definition) is 8. The van der Waals surface area contributed by atoms with E-state index >= 15 is 0 Å². The minimum atomic E-state index is -1.62. The first-order chi connectivity index (χ1) is 40.1. The van der Waals surface area contributed by atoms with E-state index in [1.807, 2.05) is 21.1 Å². The lowest BCUT2D eigenvalue weighted by atomic mass is 10.0. The lowest BCUT2D eigenvalue weighted by Gasteiger charge is -2.26. The van der Waals surface area contributed by atoms with Gasteiger partial charge in [0.15, 0.2) is 12.4 Å². The van der Waals surface area contributed by atoms with Crippen LogP contribution in [0.1, 0.15) is 393 Å². The van der Waals surface area contributed by atoms with Crippen molar-refractivity contribution >= 4 is 17.9 Å².